The molecule has 0 aliphatic rings. The highest BCUT2D eigenvalue weighted by Crippen LogP contribution is 2.12. The predicted molar refractivity (Wildman–Crippen MR) is 80.8 cm³/mol. The van der Waals surface area contributed by atoms with Gasteiger partial charge < -0.3 is 10.6 Å². The van der Waals surface area contributed by atoms with Gasteiger partial charge >= 0.3 is 0 Å². The van der Waals surface area contributed by atoms with Crippen LogP contribution in [0.3, 0.4) is 0 Å². The van der Waals surface area contributed by atoms with Crippen LogP contribution in [0.15, 0.2) is 24.3 Å². The molecular weight excluding hydrogens is 220 g/mol. The van der Waals surface area contributed by atoms with Crippen molar-refractivity contribution in [1.29, 1.82) is 0 Å². The Hall–Kier alpha value is -1.02. The molecule has 0 saturated heterocycles. The van der Waals surface area contributed by atoms with Gasteiger partial charge in [-0.05, 0) is 44.0 Å². The van der Waals surface area contributed by atoms with Crippen LogP contribution >= 0.6 is 0 Å². The molecule has 0 unspecified atom stereocenters. The lowest BCUT2D eigenvalue weighted by molar-refractivity contribution is 0.268. The second-order valence-electron chi connectivity index (χ2n) is 5.00. The third-order valence-electron chi connectivity index (χ3n) is 3.41. The van der Waals surface area contributed by atoms with E-state index in [9.17, 15) is 0 Å². The molecule has 0 saturated carbocycles. The molecule has 18 heavy (non-hydrogen) atoms. The number of para-hydroxylation sites is 1. The number of benzene rings is 1. The molecule has 0 spiro atoms. The average Bonchev–Trinajstić information content (AvgIpc) is 2.39. The van der Waals surface area contributed by atoms with Crippen LogP contribution in [0.25, 0.3) is 0 Å². The number of anilines is 1. The lowest BCUT2D eigenvalue weighted by atomic mass is 10.1. The van der Waals surface area contributed by atoms with Gasteiger partial charge in [0.05, 0.1) is 0 Å². The Morgan fingerprint density at radius 1 is 0.944 bits per heavy atom. The second-order valence-corrected chi connectivity index (χ2v) is 5.00. The number of unbranched alkanes of at least 4 members (excludes halogenated alkanes) is 2. The minimum absolute atomic E-state index is 0.934. The maximum atomic E-state index is 5.99. The number of nitrogens with two attached hydrogens (primary N) is 1. The van der Waals surface area contributed by atoms with Gasteiger partial charge in [-0.2, -0.15) is 0 Å². The van der Waals surface area contributed by atoms with Gasteiger partial charge in [-0.25, -0.2) is 0 Å². The first-order valence-corrected chi connectivity index (χ1v) is 7.33. The van der Waals surface area contributed by atoms with E-state index < -0.39 is 0 Å². The van der Waals surface area contributed by atoms with Gasteiger partial charge in [-0.1, -0.05) is 44.9 Å². The van der Waals surface area contributed by atoms with Crippen molar-refractivity contribution in [2.45, 2.75) is 46.0 Å². The lowest BCUT2D eigenvalue weighted by Crippen LogP contribution is -2.28. The molecule has 1 rings (SSSR count). The molecule has 0 bridgehead atoms. The minimum atomic E-state index is 0.934. The fourth-order valence-corrected chi connectivity index (χ4v) is 2.14. The van der Waals surface area contributed by atoms with Gasteiger partial charge in [0, 0.05) is 12.2 Å². The zero-order chi connectivity index (χ0) is 13.2. The fourth-order valence-electron chi connectivity index (χ4n) is 2.14. The Bertz CT molecular complexity index is 315. The van der Waals surface area contributed by atoms with Crippen molar-refractivity contribution in [2.24, 2.45) is 0 Å². The summed E-state index contributed by atoms with van der Waals surface area (Å²) in [7, 11) is 0. The zero-order valence-electron chi connectivity index (χ0n) is 12.0. The van der Waals surface area contributed by atoms with Crippen molar-refractivity contribution in [2.75, 3.05) is 25.4 Å². The molecule has 0 aliphatic carbocycles. The third kappa shape index (κ3) is 5.54. The van der Waals surface area contributed by atoms with Crippen LogP contribution in [0.2, 0.25) is 0 Å². The van der Waals surface area contributed by atoms with Crippen molar-refractivity contribution < 1.29 is 0 Å². The summed E-state index contributed by atoms with van der Waals surface area (Å²) in [6, 6.07) is 8.23. The molecule has 2 heteroatoms. The summed E-state index contributed by atoms with van der Waals surface area (Å²) in [5.41, 5.74) is 8.21. The summed E-state index contributed by atoms with van der Waals surface area (Å²) in [6.45, 7) is 8.10. The molecule has 0 atom stereocenters. The van der Waals surface area contributed by atoms with Crippen LogP contribution in [0, 0.1) is 0 Å². The van der Waals surface area contributed by atoms with E-state index in [1.54, 1.807) is 0 Å². The topological polar surface area (TPSA) is 29.3 Å². The molecule has 0 heterocycles. The quantitative estimate of drug-likeness (QED) is 0.675. The van der Waals surface area contributed by atoms with Crippen LogP contribution in [0.5, 0.6) is 0 Å². The van der Waals surface area contributed by atoms with E-state index in [1.807, 2.05) is 12.1 Å². The Balaban J connectivity index is 2.42. The van der Waals surface area contributed by atoms with E-state index in [4.69, 9.17) is 5.73 Å². The average molecular weight is 248 g/mol. The van der Waals surface area contributed by atoms with E-state index in [2.05, 4.69) is 30.9 Å². The van der Waals surface area contributed by atoms with Gasteiger partial charge in [0.15, 0.2) is 0 Å². The first-order chi connectivity index (χ1) is 8.77. The molecule has 2 nitrogen and oxygen atoms in total. The monoisotopic (exact) mass is 248 g/mol. The van der Waals surface area contributed by atoms with Gasteiger partial charge in [0.2, 0.25) is 0 Å². The Kier molecular flexibility index (Phi) is 7.51. The van der Waals surface area contributed by atoms with Gasteiger partial charge in [0.1, 0.15) is 0 Å². The maximum absolute atomic E-state index is 5.99. The molecule has 0 amide bonds. The second kappa shape index (κ2) is 8.98. The molecule has 102 valence electrons. The highest BCUT2D eigenvalue weighted by atomic mass is 15.1. The smallest absolute Gasteiger partial charge is 0.0347 e. The Labute approximate surface area is 112 Å². The molecule has 0 radical (unpaired) electrons. The highest BCUT2D eigenvalue weighted by molar-refractivity contribution is 5.46. The normalized spacial score (nSPS) is 11.1. The van der Waals surface area contributed by atoms with Crippen molar-refractivity contribution >= 4 is 5.69 Å². The van der Waals surface area contributed by atoms with Crippen molar-refractivity contribution in [3.05, 3.63) is 29.8 Å². The first kappa shape index (κ1) is 15.0. The SMILES string of the molecule is CCCCN(CCCC)CCc1ccccc1N. The van der Waals surface area contributed by atoms with E-state index in [0.717, 1.165) is 18.7 Å². The standard InChI is InChI=1S/C16H28N2/c1-3-5-12-18(13-6-4-2)14-11-15-9-7-8-10-16(15)17/h7-10H,3-6,11-14,17H2,1-2H3. The maximum Gasteiger partial charge on any atom is 0.0347 e. The summed E-state index contributed by atoms with van der Waals surface area (Å²) < 4.78 is 0. The van der Waals surface area contributed by atoms with E-state index in [0.29, 0.717) is 0 Å². The fraction of sp³-hybridized carbons (Fsp3) is 0.625. The molecular formula is C16H28N2. The first-order valence-electron chi connectivity index (χ1n) is 7.33. The summed E-state index contributed by atoms with van der Waals surface area (Å²) in [5, 5.41) is 0. The number of hydrogen-bond donors (Lipinski definition) is 1. The molecule has 0 fully saturated rings. The summed E-state index contributed by atoms with van der Waals surface area (Å²) >= 11 is 0. The van der Waals surface area contributed by atoms with Crippen LogP contribution in [-0.2, 0) is 6.42 Å². The summed E-state index contributed by atoms with van der Waals surface area (Å²) in [4.78, 5) is 2.58. The molecule has 1 aromatic carbocycles. The van der Waals surface area contributed by atoms with Gasteiger partial charge in [-0.15, -0.1) is 0 Å². The van der Waals surface area contributed by atoms with E-state index in [1.165, 1.54) is 44.3 Å². The van der Waals surface area contributed by atoms with Gasteiger partial charge in [-0.3, -0.25) is 0 Å². The van der Waals surface area contributed by atoms with Crippen LogP contribution in [-0.4, -0.2) is 24.5 Å². The highest BCUT2D eigenvalue weighted by Gasteiger charge is 2.05. The molecule has 0 aromatic heterocycles. The van der Waals surface area contributed by atoms with Crippen molar-refractivity contribution in [3.8, 4) is 0 Å². The Morgan fingerprint density at radius 3 is 2.11 bits per heavy atom. The third-order valence-corrected chi connectivity index (χ3v) is 3.41. The summed E-state index contributed by atoms with van der Waals surface area (Å²) in [5.74, 6) is 0. The summed E-state index contributed by atoms with van der Waals surface area (Å²) in [6.07, 6.45) is 6.22. The lowest BCUT2D eigenvalue weighted by Gasteiger charge is -2.22. The molecule has 2 N–H and O–H groups in total. The van der Waals surface area contributed by atoms with E-state index in [-0.39, 0.29) is 0 Å². The van der Waals surface area contributed by atoms with Crippen molar-refractivity contribution in [1.82, 2.24) is 4.90 Å². The number of hydrogen-bond acceptors (Lipinski definition) is 2. The van der Waals surface area contributed by atoms with Crippen LogP contribution in [0.4, 0.5) is 5.69 Å². The minimum Gasteiger partial charge on any atom is -0.399 e. The molecule has 0 aliphatic heterocycles. The number of nitrogens with zero attached hydrogens (tertiary/aromatic N) is 1. The number of rotatable bonds is 9. The number of nitrogen functional groups attached to an aromatic ring is 1. The largest absolute Gasteiger partial charge is 0.399 e. The zero-order valence-corrected chi connectivity index (χ0v) is 12.0. The van der Waals surface area contributed by atoms with Gasteiger partial charge in [0.25, 0.3) is 0 Å². The Morgan fingerprint density at radius 2 is 1.56 bits per heavy atom. The van der Waals surface area contributed by atoms with Crippen LogP contribution in [0.1, 0.15) is 45.1 Å². The van der Waals surface area contributed by atoms with Crippen LogP contribution < -0.4 is 5.73 Å². The predicted octanol–water partition coefficient (Wildman–Crippen LogP) is 3.71. The molecule has 1 aromatic rings. The van der Waals surface area contributed by atoms with E-state index >= 15 is 0 Å². The van der Waals surface area contributed by atoms with Crippen molar-refractivity contribution in [3.63, 3.8) is 0 Å².